The molecule has 1 fully saturated rings. The van der Waals surface area contributed by atoms with Crippen molar-refractivity contribution in [2.75, 3.05) is 18.0 Å². The SMILES string of the molecule is CCCC1CN(c2ccc(Cl)cc2I)C(C(C)C)CN1. The van der Waals surface area contributed by atoms with E-state index in [1.165, 1.54) is 22.1 Å². The van der Waals surface area contributed by atoms with E-state index in [0.29, 0.717) is 18.0 Å². The molecule has 0 aliphatic carbocycles. The zero-order chi connectivity index (χ0) is 14.7. The molecule has 1 aromatic carbocycles. The fourth-order valence-electron chi connectivity index (χ4n) is 2.96. The van der Waals surface area contributed by atoms with E-state index in [0.717, 1.165) is 18.1 Å². The lowest BCUT2D eigenvalue weighted by atomic mass is 9.96. The van der Waals surface area contributed by atoms with Gasteiger partial charge in [-0.15, -0.1) is 0 Å². The Morgan fingerprint density at radius 2 is 2.20 bits per heavy atom. The number of nitrogens with zero attached hydrogens (tertiary/aromatic N) is 1. The van der Waals surface area contributed by atoms with Gasteiger partial charge in [-0.05, 0) is 53.1 Å². The van der Waals surface area contributed by atoms with Gasteiger partial charge in [0.1, 0.15) is 0 Å². The van der Waals surface area contributed by atoms with Gasteiger partial charge in [0.05, 0.1) is 5.69 Å². The Morgan fingerprint density at radius 3 is 2.80 bits per heavy atom. The first-order chi connectivity index (χ1) is 9.52. The van der Waals surface area contributed by atoms with Gasteiger partial charge in [-0.1, -0.05) is 38.8 Å². The van der Waals surface area contributed by atoms with E-state index in [1.54, 1.807) is 0 Å². The number of anilines is 1. The van der Waals surface area contributed by atoms with Crippen LogP contribution in [0.25, 0.3) is 0 Å². The standard InChI is InChI=1S/C16H24ClIN2/c1-4-5-13-10-20(16(9-19-13)11(2)3)15-7-6-12(17)8-14(15)18/h6-8,11,13,16,19H,4-5,9-10H2,1-3H3. The van der Waals surface area contributed by atoms with Crippen LogP contribution in [0.15, 0.2) is 18.2 Å². The van der Waals surface area contributed by atoms with Crippen LogP contribution in [0.2, 0.25) is 5.02 Å². The Morgan fingerprint density at radius 1 is 1.45 bits per heavy atom. The molecule has 2 atom stereocenters. The van der Waals surface area contributed by atoms with Crippen molar-refractivity contribution in [3.05, 3.63) is 26.8 Å². The predicted molar refractivity (Wildman–Crippen MR) is 96.8 cm³/mol. The van der Waals surface area contributed by atoms with Gasteiger partial charge in [0.2, 0.25) is 0 Å². The molecule has 20 heavy (non-hydrogen) atoms. The summed E-state index contributed by atoms with van der Waals surface area (Å²) in [5.74, 6) is 0.636. The average Bonchev–Trinajstić information content (AvgIpc) is 2.38. The molecule has 2 unspecified atom stereocenters. The zero-order valence-corrected chi connectivity index (χ0v) is 15.4. The highest BCUT2D eigenvalue weighted by atomic mass is 127. The van der Waals surface area contributed by atoms with Gasteiger partial charge >= 0.3 is 0 Å². The first-order valence-electron chi connectivity index (χ1n) is 7.48. The third-order valence-electron chi connectivity index (χ3n) is 4.06. The van der Waals surface area contributed by atoms with E-state index >= 15 is 0 Å². The second-order valence-electron chi connectivity index (χ2n) is 5.95. The molecule has 112 valence electrons. The summed E-state index contributed by atoms with van der Waals surface area (Å²) in [6.45, 7) is 9.03. The van der Waals surface area contributed by atoms with Crippen LogP contribution < -0.4 is 10.2 Å². The molecule has 0 spiro atoms. The number of hydrogen-bond donors (Lipinski definition) is 1. The van der Waals surface area contributed by atoms with Gasteiger partial charge in [0.15, 0.2) is 0 Å². The molecule has 0 saturated carbocycles. The molecule has 0 aromatic heterocycles. The van der Waals surface area contributed by atoms with Gasteiger partial charge in [0.25, 0.3) is 0 Å². The number of piperazine rings is 1. The van der Waals surface area contributed by atoms with Crippen LogP contribution in [0.3, 0.4) is 0 Å². The molecule has 4 heteroatoms. The summed E-state index contributed by atoms with van der Waals surface area (Å²) in [6, 6.07) is 7.39. The molecular formula is C16H24ClIN2. The fraction of sp³-hybridized carbons (Fsp3) is 0.625. The van der Waals surface area contributed by atoms with E-state index < -0.39 is 0 Å². The summed E-state index contributed by atoms with van der Waals surface area (Å²) in [6.07, 6.45) is 2.47. The summed E-state index contributed by atoms with van der Waals surface area (Å²) in [7, 11) is 0. The molecule has 1 aliphatic rings. The third-order valence-corrected chi connectivity index (χ3v) is 5.16. The van der Waals surface area contributed by atoms with Crippen LogP contribution in [0.1, 0.15) is 33.6 Å². The minimum Gasteiger partial charge on any atom is -0.365 e. The van der Waals surface area contributed by atoms with Crippen molar-refractivity contribution in [3.63, 3.8) is 0 Å². The quantitative estimate of drug-likeness (QED) is 0.738. The van der Waals surface area contributed by atoms with E-state index in [2.05, 4.69) is 65.7 Å². The Kier molecular flexibility index (Phi) is 5.99. The molecule has 0 radical (unpaired) electrons. The summed E-state index contributed by atoms with van der Waals surface area (Å²) >= 11 is 8.50. The topological polar surface area (TPSA) is 15.3 Å². The first kappa shape index (κ1) is 16.4. The Bertz CT molecular complexity index is 450. The van der Waals surface area contributed by atoms with Gasteiger partial charge in [0, 0.05) is 33.8 Å². The van der Waals surface area contributed by atoms with Crippen molar-refractivity contribution in [3.8, 4) is 0 Å². The Labute approximate surface area is 141 Å². The van der Waals surface area contributed by atoms with Crippen LogP contribution in [0.4, 0.5) is 5.69 Å². The van der Waals surface area contributed by atoms with Gasteiger partial charge < -0.3 is 10.2 Å². The molecule has 2 nitrogen and oxygen atoms in total. The third kappa shape index (κ3) is 3.80. The van der Waals surface area contributed by atoms with Crippen molar-refractivity contribution in [2.24, 2.45) is 5.92 Å². The lowest BCUT2D eigenvalue weighted by Crippen LogP contribution is -2.58. The van der Waals surface area contributed by atoms with E-state index in [4.69, 9.17) is 11.6 Å². The maximum absolute atomic E-state index is 6.10. The number of hydrogen-bond acceptors (Lipinski definition) is 2. The summed E-state index contributed by atoms with van der Waals surface area (Å²) in [5, 5.41) is 4.53. The molecular weight excluding hydrogens is 383 g/mol. The van der Waals surface area contributed by atoms with E-state index in [-0.39, 0.29) is 0 Å². The zero-order valence-electron chi connectivity index (χ0n) is 12.5. The van der Waals surface area contributed by atoms with Crippen molar-refractivity contribution < 1.29 is 0 Å². The molecule has 1 heterocycles. The lowest BCUT2D eigenvalue weighted by Gasteiger charge is -2.44. The molecule has 1 N–H and O–H groups in total. The predicted octanol–water partition coefficient (Wildman–Crippen LogP) is 4.55. The highest BCUT2D eigenvalue weighted by Crippen LogP contribution is 2.30. The normalized spacial score (nSPS) is 23.4. The van der Waals surface area contributed by atoms with E-state index in [1.807, 2.05) is 6.07 Å². The summed E-state index contributed by atoms with van der Waals surface area (Å²) in [5.41, 5.74) is 1.33. The molecule has 1 saturated heterocycles. The monoisotopic (exact) mass is 406 g/mol. The Hall–Kier alpha value is -0.0000000000000000763. The van der Waals surface area contributed by atoms with Crippen molar-refractivity contribution in [1.29, 1.82) is 0 Å². The van der Waals surface area contributed by atoms with Crippen LogP contribution in [0, 0.1) is 9.49 Å². The van der Waals surface area contributed by atoms with E-state index in [9.17, 15) is 0 Å². The van der Waals surface area contributed by atoms with Crippen molar-refractivity contribution in [1.82, 2.24) is 5.32 Å². The summed E-state index contributed by atoms with van der Waals surface area (Å²) in [4.78, 5) is 2.58. The molecule has 1 aromatic rings. The van der Waals surface area contributed by atoms with Crippen molar-refractivity contribution in [2.45, 2.75) is 45.7 Å². The average molecular weight is 407 g/mol. The van der Waals surface area contributed by atoms with Crippen molar-refractivity contribution >= 4 is 39.9 Å². The highest BCUT2D eigenvalue weighted by molar-refractivity contribution is 14.1. The van der Waals surface area contributed by atoms with Crippen LogP contribution >= 0.6 is 34.2 Å². The van der Waals surface area contributed by atoms with Gasteiger partial charge in [-0.25, -0.2) is 0 Å². The molecule has 0 bridgehead atoms. The van der Waals surface area contributed by atoms with Gasteiger partial charge in [-0.2, -0.15) is 0 Å². The fourth-order valence-corrected chi connectivity index (χ4v) is 4.14. The smallest absolute Gasteiger partial charge is 0.0506 e. The van der Waals surface area contributed by atoms with Gasteiger partial charge in [-0.3, -0.25) is 0 Å². The Balaban J connectivity index is 2.26. The largest absolute Gasteiger partial charge is 0.365 e. The minimum atomic E-state index is 0.554. The number of nitrogens with one attached hydrogen (secondary N) is 1. The maximum Gasteiger partial charge on any atom is 0.0506 e. The minimum absolute atomic E-state index is 0.554. The maximum atomic E-state index is 6.10. The molecule has 2 rings (SSSR count). The molecule has 1 aliphatic heterocycles. The number of halogens is 2. The second-order valence-corrected chi connectivity index (χ2v) is 7.55. The summed E-state index contributed by atoms with van der Waals surface area (Å²) < 4.78 is 1.25. The lowest BCUT2D eigenvalue weighted by molar-refractivity contribution is 0.327. The molecule has 0 amide bonds. The first-order valence-corrected chi connectivity index (χ1v) is 8.93. The van der Waals surface area contributed by atoms with Crippen LogP contribution in [-0.2, 0) is 0 Å². The second kappa shape index (κ2) is 7.32. The number of rotatable bonds is 4. The highest BCUT2D eigenvalue weighted by Gasteiger charge is 2.30. The number of benzene rings is 1. The van der Waals surface area contributed by atoms with Crippen LogP contribution in [0.5, 0.6) is 0 Å². The van der Waals surface area contributed by atoms with Crippen LogP contribution in [-0.4, -0.2) is 25.2 Å².